The molecule has 1 saturated heterocycles. The smallest absolute Gasteiger partial charge is 0.158 e. The van der Waals surface area contributed by atoms with Gasteiger partial charge in [-0.05, 0) is 55.7 Å². The molecule has 2 bridgehead atoms. The molecular formula is C23H24N6. The van der Waals surface area contributed by atoms with Crippen molar-refractivity contribution in [3.05, 3.63) is 73.1 Å². The summed E-state index contributed by atoms with van der Waals surface area (Å²) in [6.45, 7) is 8.50. The Hall–Kier alpha value is -3.41. The average Bonchev–Trinajstić information content (AvgIpc) is 3.00. The van der Waals surface area contributed by atoms with Gasteiger partial charge in [0.05, 0.1) is 23.3 Å². The number of piperidine rings is 1. The standard InChI is InChI=1S/C23H24N6/c1-16-12-18(14-25-13-16)21-5-6-22-23(27-21)29(20-7-10-28(22)11-8-20)17(2)26-19-4-3-9-24-15-19/h3-6,9,12-15,20,26H,2,7-8,10-11H2,1H3. The van der Waals surface area contributed by atoms with Crippen molar-refractivity contribution in [3.63, 3.8) is 0 Å². The largest absolute Gasteiger partial charge is 0.368 e. The van der Waals surface area contributed by atoms with Crippen LogP contribution in [-0.4, -0.2) is 34.1 Å². The first-order valence-corrected chi connectivity index (χ1v) is 10.0. The van der Waals surface area contributed by atoms with E-state index < -0.39 is 0 Å². The Morgan fingerprint density at radius 1 is 1.10 bits per heavy atom. The van der Waals surface area contributed by atoms with Crippen LogP contribution in [-0.2, 0) is 0 Å². The molecule has 1 N–H and O–H groups in total. The van der Waals surface area contributed by atoms with Crippen LogP contribution < -0.4 is 15.1 Å². The topological polar surface area (TPSA) is 57.2 Å². The minimum absolute atomic E-state index is 0.377. The Labute approximate surface area is 170 Å². The third-order valence-corrected chi connectivity index (χ3v) is 5.66. The summed E-state index contributed by atoms with van der Waals surface area (Å²) >= 11 is 0. The molecule has 3 aromatic rings. The molecule has 3 aliphatic heterocycles. The van der Waals surface area contributed by atoms with Crippen molar-refractivity contribution in [1.82, 2.24) is 15.0 Å². The van der Waals surface area contributed by atoms with Gasteiger partial charge in [-0.15, -0.1) is 0 Å². The van der Waals surface area contributed by atoms with Gasteiger partial charge in [-0.3, -0.25) is 9.97 Å². The summed E-state index contributed by atoms with van der Waals surface area (Å²) in [5.41, 5.74) is 5.19. The molecule has 146 valence electrons. The van der Waals surface area contributed by atoms with E-state index >= 15 is 0 Å². The molecule has 1 fully saturated rings. The third kappa shape index (κ3) is 3.31. The highest BCUT2D eigenvalue weighted by molar-refractivity contribution is 5.76. The van der Waals surface area contributed by atoms with Gasteiger partial charge < -0.3 is 15.1 Å². The minimum Gasteiger partial charge on any atom is -0.368 e. The van der Waals surface area contributed by atoms with Crippen molar-refractivity contribution in [1.29, 1.82) is 0 Å². The zero-order valence-corrected chi connectivity index (χ0v) is 16.5. The van der Waals surface area contributed by atoms with E-state index in [4.69, 9.17) is 4.98 Å². The van der Waals surface area contributed by atoms with E-state index in [2.05, 4.69) is 56.8 Å². The van der Waals surface area contributed by atoms with Crippen LogP contribution >= 0.6 is 0 Å². The van der Waals surface area contributed by atoms with Gasteiger partial charge in [0.25, 0.3) is 0 Å². The van der Waals surface area contributed by atoms with Crippen LogP contribution in [0.1, 0.15) is 18.4 Å². The highest BCUT2D eigenvalue weighted by Gasteiger charge is 2.35. The highest BCUT2D eigenvalue weighted by atomic mass is 15.4. The summed E-state index contributed by atoms with van der Waals surface area (Å²) < 4.78 is 0. The van der Waals surface area contributed by atoms with Crippen molar-refractivity contribution in [3.8, 4) is 11.3 Å². The summed E-state index contributed by atoms with van der Waals surface area (Å²) in [5, 5.41) is 3.43. The fourth-order valence-corrected chi connectivity index (χ4v) is 4.27. The van der Waals surface area contributed by atoms with Gasteiger partial charge in [-0.2, -0.15) is 0 Å². The van der Waals surface area contributed by atoms with Crippen molar-refractivity contribution in [2.75, 3.05) is 28.2 Å². The number of aromatic nitrogens is 3. The summed E-state index contributed by atoms with van der Waals surface area (Å²) in [6.07, 6.45) is 9.50. The molecule has 3 aliphatic rings. The first kappa shape index (κ1) is 17.7. The van der Waals surface area contributed by atoms with Gasteiger partial charge in [-0.1, -0.05) is 6.58 Å². The van der Waals surface area contributed by atoms with Gasteiger partial charge >= 0.3 is 0 Å². The van der Waals surface area contributed by atoms with E-state index in [-0.39, 0.29) is 0 Å². The number of aryl methyl sites for hydroxylation is 1. The number of nitrogens with zero attached hydrogens (tertiary/aromatic N) is 5. The van der Waals surface area contributed by atoms with E-state index in [1.54, 1.807) is 6.20 Å². The van der Waals surface area contributed by atoms with Gasteiger partial charge in [-0.25, -0.2) is 4.98 Å². The van der Waals surface area contributed by atoms with Gasteiger partial charge in [0.2, 0.25) is 0 Å². The molecular weight excluding hydrogens is 360 g/mol. The van der Waals surface area contributed by atoms with Crippen molar-refractivity contribution in [2.24, 2.45) is 0 Å². The first-order chi connectivity index (χ1) is 14.2. The Morgan fingerprint density at radius 2 is 1.97 bits per heavy atom. The zero-order chi connectivity index (χ0) is 19.8. The molecule has 3 aromatic heterocycles. The molecule has 0 atom stereocenters. The fourth-order valence-electron chi connectivity index (χ4n) is 4.27. The maximum absolute atomic E-state index is 5.10. The van der Waals surface area contributed by atoms with Crippen LogP contribution in [0.2, 0.25) is 0 Å². The maximum Gasteiger partial charge on any atom is 0.158 e. The fraction of sp³-hybridized carbons (Fsp3) is 0.261. The number of fused-ring (bicyclic) bond motifs is 2. The number of rotatable bonds is 4. The molecule has 29 heavy (non-hydrogen) atoms. The molecule has 0 aromatic carbocycles. The van der Waals surface area contributed by atoms with E-state index in [0.29, 0.717) is 6.04 Å². The summed E-state index contributed by atoms with van der Waals surface area (Å²) in [4.78, 5) is 18.4. The van der Waals surface area contributed by atoms with Crippen LogP contribution in [0.15, 0.2) is 67.5 Å². The number of nitrogens with one attached hydrogen (secondary N) is 1. The quantitative estimate of drug-likeness (QED) is 0.727. The van der Waals surface area contributed by atoms with Gasteiger partial charge in [0.1, 0.15) is 5.82 Å². The second-order valence-corrected chi connectivity index (χ2v) is 7.69. The molecule has 0 aliphatic carbocycles. The lowest BCUT2D eigenvalue weighted by atomic mass is 10.1. The van der Waals surface area contributed by atoms with Crippen LogP contribution in [0.25, 0.3) is 11.3 Å². The summed E-state index contributed by atoms with van der Waals surface area (Å²) in [5.74, 6) is 1.80. The monoisotopic (exact) mass is 384 g/mol. The molecule has 6 nitrogen and oxygen atoms in total. The van der Waals surface area contributed by atoms with E-state index in [0.717, 1.165) is 60.1 Å². The molecule has 0 radical (unpaired) electrons. The number of anilines is 3. The van der Waals surface area contributed by atoms with E-state index in [1.807, 2.05) is 30.7 Å². The van der Waals surface area contributed by atoms with Crippen LogP contribution in [0.4, 0.5) is 17.2 Å². The van der Waals surface area contributed by atoms with Gasteiger partial charge in [0.15, 0.2) is 5.82 Å². The molecule has 6 heterocycles. The van der Waals surface area contributed by atoms with Crippen molar-refractivity contribution < 1.29 is 0 Å². The third-order valence-electron chi connectivity index (χ3n) is 5.66. The number of hydrogen-bond donors (Lipinski definition) is 1. The van der Waals surface area contributed by atoms with Crippen molar-refractivity contribution >= 4 is 17.2 Å². The predicted molar refractivity (Wildman–Crippen MR) is 117 cm³/mol. The Kier molecular flexibility index (Phi) is 4.39. The first-order valence-electron chi connectivity index (χ1n) is 10.0. The van der Waals surface area contributed by atoms with Crippen LogP contribution in [0, 0.1) is 6.92 Å². The lowest BCUT2D eigenvalue weighted by Gasteiger charge is -2.34. The maximum atomic E-state index is 5.10. The highest BCUT2D eigenvalue weighted by Crippen LogP contribution is 2.40. The Morgan fingerprint density at radius 3 is 2.72 bits per heavy atom. The summed E-state index contributed by atoms with van der Waals surface area (Å²) in [7, 11) is 0. The lowest BCUT2D eigenvalue weighted by molar-refractivity contribution is 0.500. The van der Waals surface area contributed by atoms with Gasteiger partial charge in [0, 0.05) is 43.3 Å². The molecule has 6 rings (SSSR count). The second-order valence-electron chi connectivity index (χ2n) is 7.69. The van der Waals surface area contributed by atoms with E-state index in [1.165, 1.54) is 5.69 Å². The summed E-state index contributed by atoms with van der Waals surface area (Å²) in [6, 6.07) is 10.7. The van der Waals surface area contributed by atoms with Crippen molar-refractivity contribution in [2.45, 2.75) is 25.8 Å². The zero-order valence-electron chi connectivity index (χ0n) is 16.5. The molecule has 6 heteroatoms. The Balaban J connectivity index is 1.57. The Bertz CT molecular complexity index is 1040. The molecule has 0 unspecified atom stereocenters. The van der Waals surface area contributed by atoms with E-state index in [9.17, 15) is 0 Å². The SMILES string of the molecule is C=C(Nc1cccnc1)N1c2nc(-c3cncc(C)c3)ccc2N2CCC1CC2. The lowest BCUT2D eigenvalue weighted by Crippen LogP contribution is -2.41. The number of hydrogen-bond acceptors (Lipinski definition) is 6. The van der Waals surface area contributed by atoms with Crippen LogP contribution in [0.5, 0.6) is 0 Å². The average molecular weight is 384 g/mol. The number of pyridine rings is 3. The van der Waals surface area contributed by atoms with Crippen LogP contribution in [0.3, 0.4) is 0 Å². The minimum atomic E-state index is 0.377. The second kappa shape index (κ2) is 7.20. The normalized spacial score (nSPS) is 15.8. The predicted octanol–water partition coefficient (Wildman–Crippen LogP) is 4.22. The molecule has 0 saturated carbocycles. The molecule has 0 spiro atoms. The molecule has 0 amide bonds.